The molecule has 1 aliphatic carbocycles. The van der Waals surface area contributed by atoms with E-state index in [4.69, 9.17) is 0 Å². The van der Waals surface area contributed by atoms with E-state index < -0.39 is 0 Å². The van der Waals surface area contributed by atoms with E-state index in [1.165, 1.54) is 31.4 Å². The predicted octanol–water partition coefficient (Wildman–Crippen LogP) is 2.85. The summed E-state index contributed by atoms with van der Waals surface area (Å²) in [5, 5.41) is 15.0. The lowest BCUT2D eigenvalue weighted by atomic mass is 10.0. The minimum absolute atomic E-state index is 0.644. The van der Waals surface area contributed by atoms with Crippen LogP contribution in [-0.4, -0.2) is 24.8 Å². The van der Waals surface area contributed by atoms with Gasteiger partial charge in [-0.25, -0.2) is 9.50 Å². The number of fused-ring (bicyclic) bond motifs is 1. The fraction of sp³-hybridized carbons (Fsp3) is 0.357. The van der Waals surface area contributed by atoms with Gasteiger partial charge in [0.25, 0.3) is 0 Å². The van der Waals surface area contributed by atoms with Gasteiger partial charge in [0.15, 0.2) is 11.5 Å². The standard InChI is InChI=1S/C14H16N6/c1-2-4-10(3-1)12-8-13(19-18-12)17-11-7-14-15-5-6-20(14)16-9-11/h5-10H,1-4H2,(H2,17,18,19). The van der Waals surface area contributed by atoms with Crippen molar-refractivity contribution in [1.29, 1.82) is 0 Å². The zero-order chi connectivity index (χ0) is 13.4. The maximum atomic E-state index is 4.33. The summed E-state index contributed by atoms with van der Waals surface area (Å²) in [6.45, 7) is 0. The second kappa shape index (κ2) is 4.63. The third kappa shape index (κ3) is 2.03. The molecule has 6 heteroatoms. The van der Waals surface area contributed by atoms with Crippen LogP contribution in [-0.2, 0) is 0 Å². The van der Waals surface area contributed by atoms with Gasteiger partial charge >= 0.3 is 0 Å². The van der Waals surface area contributed by atoms with Crippen LogP contribution in [0.25, 0.3) is 5.65 Å². The molecular weight excluding hydrogens is 252 g/mol. The molecule has 20 heavy (non-hydrogen) atoms. The van der Waals surface area contributed by atoms with Gasteiger partial charge < -0.3 is 5.32 Å². The largest absolute Gasteiger partial charge is 0.337 e. The molecule has 0 unspecified atom stereocenters. The third-order valence-electron chi connectivity index (χ3n) is 3.92. The Labute approximate surface area is 116 Å². The van der Waals surface area contributed by atoms with Crippen LogP contribution in [0.5, 0.6) is 0 Å². The summed E-state index contributed by atoms with van der Waals surface area (Å²) < 4.78 is 1.74. The lowest BCUT2D eigenvalue weighted by Crippen LogP contribution is -1.95. The average molecular weight is 268 g/mol. The molecule has 1 saturated carbocycles. The van der Waals surface area contributed by atoms with Gasteiger partial charge in [-0.05, 0) is 12.8 Å². The molecule has 1 fully saturated rings. The molecule has 6 nitrogen and oxygen atoms in total. The van der Waals surface area contributed by atoms with Crippen molar-refractivity contribution in [2.24, 2.45) is 0 Å². The minimum atomic E-state index is 0.644. The maximum Gasteiger partial charge on any atom is 0.155 e. The molecule has 0 radical (unpaired) electrons. The van der Waals surface area contributed by atoms with Crippen molar-refractivity contribution in [3.8, 4) is 0 Å². The lowest BCUT2D eigenvalue weighted by Gasteiger charge is -2.04. The molecule has 102 valence electrons. The van der Waals surface area contributed by atoms with Crippen LogP contribution in [0.15, 0.2) is 30.7 Å². The van der Waals surface area contributed by atoms with Crippen LogP contribution in [0, 0.1) is 0 Å². The van der Waals surface area contributed by atoms with Crippen molar-refractivity contribution >= 4 is 17.2 Å². The highest BCUT2D eigenvalue weighted by atomic mass is 15.2. The van der Waals surface area contributed by atoms with Gasteiger partial charge in [-0.1, -0.05) is 12.8 Å². The van der Waals surface area contributed by atoms with Crippen molar-refractivity contribution in [3.05, 3.63) is 36.4 Å². The van der Waals surface area contributed by atoms with E-state index in [0.29, 0.717) is 5.92 Å². The molecule has 0 aliphatic heterocycles. The number of hydrogen-bond acceptors (Lipinski definition) is 4. The van der Waals surface area contributed by atoms with Crippen molar-refractivity contribution in [3.63, 3.8) is 0 Å². The SMILES string of the molecule is c1cn2ncc(Nc3cc(C4CCCC4)[nH]n3)cc2n1. The second-order valence-electron chi connectivity index (χ2n) is 5.29. The summed E-state index contributed by atoms with van der Waals surface area (Å²) in [5.41, 5.74) is 2.95. The molecule has 2 N–H and O–H groups in total. The summed E-state index contributed by atoms with van der Waals surface area (Å²) in [6.07, 6.45) is 10.5. The van der Waals surface area contributed by atoms with Crippen molar-refractivity contribution in [2.75, 3.05) is 5.32 Å². The van der Waals surface area contributed by atoms with Crippen LogP contribution in [0.1, 0.15) is 37.3 Å². The molecule has 3 aromatic heterocycles. The number of aromatic amines is 1. The van der Waals surface area contributed by atoms with Gasteiger partial charge in [0.2, 0.25) is 0 Å². The molecule has 3 aromatic rings. The Kier molecular flexibility index (Phi) is 2.65. The number of H-pyrrole nitrogens is 1. The van der Waals surface area contributed by atoms with Gasteiger partial charge in [0, 0.05) is 36.1 Å². The van der Waals surface area contributed by atoms with Crippen LogP contribution in [0.3, 0.4) is 0 Å². The van der Waals surface area contributed by atoms with E-state index in [9.17, 15) is 0 Å². The van der Waals surface area contributed by atoms with Crippen molar-refractivity contribution < 1.29 is 0 Å². The number of aromatic nitrogens is 5. The van der Waals surface area contributed by atoms with Crippen LogP contribution >= 0.6 is 0 Å². The second-order valence-corrected chi connectivity index (χ2v) is 5.29. The van der Waals surface area contributed by atoms with E-state index in [1.54, 1.807) is 16.9 Å². The molecule has 3 heterocycles. The Balaban J connectivity index is 1.55. The van der Waals surface area contributed by atoms with Gasteiger partial charge in [0.1, 0.15) is 0 Å². The molecule has 1 aliphatic rings. The first-order valence-electron chi connectivity index (χ1n) is 7.00. The highest BCUT2D eigenvalue weighted by Crippen LogP contribution is 2.33. The van der Waals surface area contributed by atoms with Gasteiger partial charge in [-0.2, -0.15) is 10.2 Å². The van der Waals surface area contributed by atoms with E-state index in [0.717, 1.165) is 17.2 Å². The minimum Gasteiger partial charge on any atom is -0.337 e. The van der Waals surface area contributed by atoms with Crippen LogP contribution in [0.2, 0.25) is 0 Å². The Bertz CT molecular complexity index is 722. The van der Waals surface area contributed by atoms with E-state index in [-0.39, 0.29) is 0 Å². The smallest absolute Gasteiger partial charge is 0.155 e. The Hall–Kier alpha value is -2.37. The molecule has 0 atom stereocenters. The molecule has 0 spiro atoms. The number of imidazole rings is 1. The number of nitrogens with zero attached hydrogens (tertiary/aromatic N) is 4. The Morgan fingerprint density at radius 2 is 2.15 bits per heavy atom. The molecular formula is C14H16N6. The average Bonchev–Trinajstić information content (AvgIpc) is 3.19. The van der Waals surface area contributed by atoms with Crippen molar-refractivity contribution in [2.45, 2.75) is 31.6 Å². The quantitative estimate of drug-likeness (QED) is 0.766. The number of anilines is 2. The zero-order valence-electron chi connectivity index (χ0n) is 11.1. The van der Waals surface area contributed by atoms with Gasteiger partial charge in [0.05, 0.1) is 11.9 Å². The molecule has 4 rings (SSSR count). The van der Waals surface area contributed by atoms with Gasteiger partial charge in [-0.15, -0.1) is 0 Å². The number of nitrogens with one attached hydrogen (secondary N) is 2. The predicted molar refractivity (Wildman–Crippen MR) is 76.1 cm³/mol. The molecule has 0 aromatic carbocycles. The van der Waals surface area contributed by atoms with Crippen molar-refractivity contribution in [1.82, 2.24) is 24.8 Å². The van der Waals surface area contributed by atoms with E-state index >= 15 is 0 Å². The van der Waals surface area contributed by atoms with Crippen LogP contribution in [0.4, 0.5) is 11.5 Å². The summed E-state index contributed by atoms with van der Waals surface area (Å²) in [7, 11) is 0. The third-order valence-corrected chi connectivity index (χ3v) is 3.92. The maximum absolute atomic E-state index is 4.33. The molecule has 0 amide bonds. The first-order chi connectivity index (χ1) is 9.88. The monoisotopic (exact) mass is 268 g/mol. The first-order valence-corrected chi connectivity index (χ1v) is 7.00. The summed E-state index contributed by atoms with van der Waals surface area (Å²) >= 11 is 0. The van der Waals surface area contributed by atoms with E-state index in [1.807, 2.05) is 12.3 Å². The number of hydrogen-bond donors (Lipinski definition) is 2. The highest BCUT2D eigenvalue weighted by molar-refractivity contribution is 5.60. The summed E-state index contributed by atoms with van der Waals surface area (Å²) in [5.74, 6) is 1.48. The zero-order valence-corrected chi connectivity index (χ0v) is 11.1. The lowest BCUT2D eigenvalue weighted by molar-refractivity contribution is 0.693. The fourth-order valence-electron chi connectivity index (χ4n) is 2.87. The first kappa shape index (κ1) is 11.5. The number of rotatable bonds is 3. The van der Waals surface area contributed by atoms with Gasteiger partial charge in [-0.3, -0.25) is 5.10 Å². The fourth-order valence-corrected chi connectivity index (χ4v) is 2.87. The molecule has 0 saturated heterocycles. The highest BCUT2D eigenvalue weighted by Gasteiger charge is 2.19. The Morgan fingerprint density at radius 1 is 1.25 bits per heavy atom. The van der Waals surface area contributed by atoms with E-state index in [2.05, 4.69) is 31.7 Å². The Morgan fingerprint density at radius 3 is 3.05 bits per heavy atom. The topological polar surface area (TPSA) is 70.9 Å². The molecule has 0 bridgehead atoms. The van der Waals surface area contributed by atoms with Crippen LogP contribution < -0.4 is 5.32 Å². The summed E-state index contributed by atoms with van der Waals surface area (Å²) in [6, 6.07) is 4.06. The summed E-state index contributed by atoms with van der Waals surface area (Å²) in [4.78, 5) is 4.22. The normalized spacial score (nSPS) is 16.0.